The topological polar surface area (TPSA) is 67.8 Å². The van der Waals surface area contributed by atoms with Gasteiger partial charge in [-0.2, -0.15) is 0 Å². The molecule has 1 amide bonds. The zero-order valence-corrected chi connectivity index (χ0v) is 11.6. The summed E-state index contributed by atoms with van der Waals surface area (Å²) < 4.78 is 5.23. The number of alkyl carbamates (subject to hydrolysis) is 1. The highest BCUT2D eigenvalue weighted by molar-refractivity contribution is 5.68. The Morgan fingerprint density at radius 1 is 1.28 bits per heavy atom. The van der Waals surface area contributed by atoms with Crippen LogP contribution in [0.15, 0.2) is 0 Å². The van der Waals surface area contributed by atoms with Gasteiger partial charge in [0.25, 0.3) is 0 Å². The number of ether oxygens (including phenoxy) is 1. The normalized spacial score (nSPS) is 24.7. The monoisotopic (exact) mass is 259 g/mol. The lowest BCUT2D eigenvalue weighted by Gasteiger charge is -2.29. The Bertz CT molecular complexity index is 254. The summed E-state index contributed by atoms with van der Waals surface area (Å²) in [6.07, 6.45) is 4.61. The predicted molar refractivity (Wildman–Crippen MR) is 68.3 cm³/mol. The Kier molecular flexibility index (Phi) is 5.88. The second-order valence-electron chi connectivity index (χ2n) is 5.99. The standard InChI is InChI=1S/C13H25NO4/c1-13(2,3)18-12(15)14-11-6-4-10(5-7-11)8-9-17-16/h10-11,16H,4-9H2,1-3H3,(H,14,15). The van der Waals surface area contributed by atoms with Crippen LogP contribution in [-0.4, -0.2) is 29.6 Å². The maximum atomic E-state index is 11.6. The molecule has 1 rings (SSSR count). The Labute approximate surface area is 109 Å². The van der Waals surface area contributed by atoms with E-state index < -0.39 is 5.60 Å². The zero-order chi connectivity index (χ0) is 13.6. The summed E-state index contributed by atoms with van der Waals surface area (Å²) in [6.45, 7) is 5.98. The summed E-state index contributed by atoms with van der Waals surface area (Å²) in [7, 11) is 0. The SMILES string of the molecule is CC(C)(C)OC(=O)NC1CCC(CCOO)CC1. The average Bonchev–Trinajstić information content (AvgIpc) is 2.25. The first-order chi connectivity index (χ1) is 8.40. The first kappa shape index (κ1) is 15.2. The highest BCUT2D eigenvalue weighted by atomic mass is 17.1. The van der Waals surface area contributed by atoms with Gasteiger partial charge in [0.05, 0.1) is 6.61 Å². The number of rotatable bonds is 4. The predicted octanol–water partition coefficient (Wildman–Crippen LogP) is 2.95. The van der Waals surface area contributed by atoms with E-state index in [1.807, 2.05) is 20.8 Å². The minimum Gasteiger partial charge on any atom is -0.444 e. The van der Waals surface area contributed by atoms with Crippen molar-refractivity contribution in [3.63, 3.8) is 0 Å². The van der Waals surface area contributed by atoms with E-state index in [2.05, 4.69) is 10.2 Å². The van der Waals surface area contributed by atoms with Crippen LogP contribution in [0.2, 0.25) is 0 Å². The van der Waals surface area contributed by atoms with E-state index in [-0.39, 0.29) is 12.1 Å². The lowest BCUT2D eigenvalue weighted by Crippen LogP contribution is -2.41. The molecule has 0 aromatic rings. The van der Waals surface area contributed by atoms with Crippen LogP contribution in [-0.2, 0) is 9.62 Å². The first-order valence-corrected chi connectivity index (χ1v) is 6.66. The van der Waals surface area contributed by atoms with Crippen molar-refractivity contribution in [2.24, 2.45) is 5.92 Å². The van der Waals surface area contributed by atoms with E-state index in [1.165, 1.54) is 0 Å². The molecule has 0 aromatic heterocycles. The third-order valence-corrected chi connectivity index (χ3v) is 3.18. The first-order valence-electron chi connectivity index (χ1n) is 6.66. The van der Waals surface area contributed by atoms with Crippen LogP contribution in [0.5, 0.6) is 0 Å². The van der Waals surface area contributed by atoms with Gasteiger partial charge in [0, 0.05) is 6.04 Å². The van der Waals surface area contributed by atoms with Gasteiger partial charge in [-0.3, -0.25) is 5.26 Å². The van der Waals surface area contributed by atoms with E-state index in [0.717, 1.165) is 32.1 Å². The van der Waals surface area contributed by atoms with Gasteiger partial charge in [-0.05, 0) is 58.8 Å². The van der Waals surface area contributed by atoms with Gasteiger partial charge in [0.2, 0.25) is 0 Å². The molecule has 1 fully saturated rings. The van der Waals surface area contributed by atoms with E-state index >= 15 is 0 Å². The number of carbonyl (C=O) groups excluding carboxylic acids is 1. The summed E-state index contributed by atoms with van der Waals surface area (Å²) in [5.74, 6) is 0.592. The summed E-state index contributed by atoms with van der Waals surface area (Å²) in [4.78, 5) is 15.7. The minimum atomic E-state index is -0.445. The van der Waals surface area contributed by atoms with Crippen molar-refractivity contribution in [3.8, 4) is 0 Å². The van der Waals surface area contributed by atoms with Crippen molar-refractivity contribution < 1.29 is 19.7 Å². The van der Waals surface area contributed by atoms with Gasteiger partial charge >= 0.3 is 6.09 Å². The Morgan fingerprint density at radius 2 is 1.89 bits per heavy atom. The smallest absolute Gasteiger partial charge is 0.407 e. The molecule has 0 aliphatic heterocycles. The summed E-state index contributed by atoms with van der Waals surface area (Å²) >= 11 is 0. The fourth-order valence-corrected chi connectivity index (χ4v) is 2.29. The number of nitrogens with one attached hydrogen (secondary N) is 1. The number of amides is 1. The quantitative estimate of drug-likeness (QED) is 0.601. The Balaban J connectivity index is 2.21. The molecule has 0 radical (unpaired) electrons. The average molecular weight is 259 g/mol. The van der Waals surface area contributed by atoms with E-state index in [4.69, 9.17) is 9.99 Å². The van der Waals surface area contributed by atoms with Crippen molar-refractivity contribution in [1.29, 1.82) is 0 Å². The highest BCUT2D eigenvalue weighted by Gasteiger charge is 2.24. The largest absolute Gasteiger partial charge is 0.444 e. The highest BCUT2D eigenvalue weighted by Crippen LogP contribution is 2.26. The zero-order valence-electron chi connectivity index (χ0n) is 11.6. The molecule has 0 heterocycles. The molecule has 1 saturated carbocycles. The van der Waals surface area contributed by atoms with Crippen LogP contribution in [0, 0.1) is 5.92 Å². The second kappa shape index (κ2) is 6.95. The Morgan fingerprint density at radius 3 is 2.39 bits per heavy atom. The van der Waals surface area contributed by atoms with Gasteiger partial charge in [0.15, 0.2) is 0 Å². The fraction of sp³-hybridized carbons (Fsp3) is 0.923. The van der Waals surface area contributed by atoms with E-state index in [0.29, 0.717) is 12.5 Å². The number of hydrogen-bond acceptors (Lipinski definition) is 4. The van der Waals surface area contributed by atoms with Crippen molar-refractivity contribution in [2.45, 2.75) is 64.5 Å². The fourth-order valence-electron chi connectivity index (χ4n) is 2.29. The molecular formula is C13H25NO4. The second-order valence-corrected chi connectivity index (χ2v) is 5.99. The third kappa shape index (κ3) is 6.21. The van der Waals surface area contributed by atoms with Crippen LogP contribution in [0.1, 0.15) is 52.9 Å². The molecular weight excluding hydrogens is 234 g/mol. The molecule has 5 nitrogen and oxygen atoms in total. The maximum Gasteiger partial charge on any atom is 0.407 e. The minimum absolute atomic E-state index is 0.214. The van der Waals surface area contributed by atoms with Crippen LogP contribution in [0.25, 0.3) is 0 Å². The Hall–Kier alpha value is -0.810. The van der Waals surface area contributed by atoms with Crippen LogP contribution >= 0.6 is 0 Å². The number of carbonyl (C=O) groups is 1. The molecule has 0 atom stereocenters. The molecule has 1 aliphatic rings. The van der Waals surface area contributed by atoms with Crippen LogP contribution in [0.3, 0.4) is 0 Å². The molecule has 0 unspecified atom stereocenters. The van der Waals surface area contributed by atoms with E-state index in [1.54, 1.807) is 0 Å². The van der Waals surface area contributed by atoms with Crippen molar-refractivity contribution in [2.75, 3.05) is 6.61 Å². The lowest BCUT2D eigenvalue weighted by atomic mass is 9.84. The van der Waals surface area contributed by atoms with Crippen LogP contribution in [0.4, 0.5) is 4.79 Å². The summed E-state index contributed by atoms with van der Waals surface area (Å²) in [5.41, 5.74) is -0.445. The molecule has 1 aliphatic carbocycles. The van der Waals surface area contributed by atoms with E-state index in [9.17, 15) is 4.79 Å². The molecule has 0 bridgehead atoms. The molecule has 106 valence electrons. The molecule has 0 spiro atoms. The molecule has 0 saturated heterocycles. The molecule has 18 heavy (non-hydrogen) atoms. The molecule has 5 heteroatoms. The van der Waals surface area contributed by atoms with Crippen LogP contribution < -0.4 is 5.32 Å². The third-order valence-electron chi connectivity index (χ3n) is 3.18. The van der Waals surface area contributed by atoms with Gasteiger partial charge in [-0.25, -0.2) is 9.68 Å². The molecule has 0 aromatic carbocycles. The van der Waals surface area contributed by atoms with Gasteiger partial charge < -0.3 is 10.1 Å². The number of hydrogen-bond donors (Lipinski definition) is 2. The van der Waals surface area contributed by atoms with Gasteiger partial charge in [-0.1, -0.05) is 0 Å². The molecule has 2 N–H and O–H groups in total. The lowest BCUT2D eigenvalue weighted by molar-refractivity contribution is -0.244. The van der Waals surface area contributed by atoms with Gasteiger partial charge in [0.1, 0.15) is 5.60 Å². The van der Waals surface area contributed by atoms with Crippen molar-refractivity contribution in [3.05, 3.63) is 0 Å². The van der Waals surface area contributed by atoms with Crippen molar-refractivity contribution in [1.82, 2.24) is 5.32 Å². The summed E-state index contributed by atoms with van der Waals surface area (Å²) in [6, 6.07) is 0.214. The maximum absolute atomic E-state index is 11.6. The van der Waals surface area contributed by atoms with Gasteiger partial charge in [-0.15, -0.1) is 0 Å². The summed E-state index contributed by atoms with van der Waals surface area (Å²) in [5, 5.41) is 11.2. The van der Waals surface area contributed by atoms with Crippen molar-refractivity contribution >= 4 is 6.09 Å².